The van der Waals surface area contributed by atoms with Gasteiger partial charge in [0.1, 0.15) is 0 Å². The van der Waals surface area contributed by atoms with E-state index in [1.54, 1.807) is 0 Å². The molecule has 9 rings (SSSR count). The van der Waals surface area contributed by atoms with Crippen molar-refractivity contribution >= 4 is 44.2 Å². The minimum Gasteiger partial charge on any atom is -0.310 e. The van der Waals surface area contributed by atoms with Gasteiger partial charge >= 0.3 is 0 Å². The number of allylic oxidation sites excluding steroid dienone is 9. The summed E-state index contributed by atoms with van der Waals surface area (Å²) in [7, 11) is 0. The van der Waals surface area contributed by atoms with Crippen LogP contribution in [0, 0.1) is 6.92 Å². The molecule has 324 valence electrons. The van der Waals surface area contributed by atoms with Gasteiger partial charge in [-0.2, -0.15) is 0 Å². The molecule has 8 aromatic carbocycles. The number of fused-ring (bicyclic) bond motifs is 4. The Morgan fingerprint density at radius 1 is 0.631 bits per heavy atom. The molecule has 0 spiro atoms. The average Bonchev–Trinajstić information content (AvgIpc) is 3.44. The fraction of sp³-hybridized carbons (Fsp3) is 0.156. The van der Waals surface area contributed by atoms with Crippen LogP contribution in [-0.2, 0) is 5.41 Å². The molecule has 0 N–H and O–H groups in total. The van der Waals surface area contributed by atoms with E-state index in [1.165, 1.54) is 66.1 Å². The summed E-state index contributed by atoms with van der Waals surface area (Å²) >= 11 is 0. The number of nitrogens with zero attached hydrogens (tertiary/aromatic N) is 1. The van der Waals surface area contributed by atoms with Crippen molar-refractivity contribution in [3.05, 3.63) is 264 Å². The van der Waals surface area contributed by atoms with Crippen LogP contribution in [0.2, 0.25) is 0 Å². The molecular formula is C64H63N. The molecule has 0 amide bonds. The van der Waals surface area contributed by atoms with E-state index in [4.69, 9.17) is 0 Å². The predicted molar refractivity (Wildman–Crippen MR) is 286 cm³/mol. The van der Waals surface area contributed by atoms with Crippen LogP contribution in [0.25, 0.3) is 38.2 Å². The van der Waals surface area contributed by atoms with Crippen molar-refractivity contribution in [3.63, 3.8) is 0 Å². The maximum atomic E-state index is 4.07. The molecule has 0 bridgehead atoms. The fourth-order valence-electron chi connectivity index (χ4n) is 9.63. The van der Waals surface area contributed by atoms with Gasteiger partial charge in [-0.15, -0.1) is 0 Å². The van der Waals surface area contributed by atoms with Gasteiger partial charge in [-0.1, -0.05) is 229 Å². The SMILES string of the molecule is C=C/C=C(\C=C/C)c1cccc(N(c2cccc(-c3cc4ccccc4c4ccccc34)c2)c2ccc3c(c2)C(c2ccccc2)(c2ccccc2)C/C=C\C=C/C3C)c1C.CC.CC. The monoisotopic (exact) mass is 845 g/mol. The van der Waals surface area contributed by atoms with Crippen LogP contribution in [0.5, 0.6) is 0 Å². The molecule has 1 nitrogen and oxygen atoms in total. The molecule has 0 saturated heterocycles. The molecule has 0 saturated carbocycles. The average molecular weight is 846 g/mol. The van der Waals surface area contributed by atoms with Gasteiger partial charge in [0.05, 0.1) is 0 Å². The Balaban J connectivity index is 0.00000153. The van der Waals surface area contributed by atoms with Gasteiger partial charge < -0.3 is 4.90 Å². The normalized spacial score (nSPS) is 15.2. The summed E-state index contributed by atoms with van der Waals surface area (Å²) in [5, 5.41) is 5.02. The zero-order valence-corrected chi connectivity index (χ0v) is 39.3. The topological polar surface area (TPSA) is 3.24 Å². The highest BCUT2D eigenvalue weighted by Gasteiger charge is 2.38. The van der Waals surface area contributed by atoms with Crippen molar-refractivity contribution in [3.8, 4) is 11.1 Å². The Morgan fingerprint density at radius 3 is 1.95 bits per heavy atom. The van der Waals surface area contributed by atoms with Crippen molar-refractivity contribution in [1.82, 2.24) is 0 Å². The number of anilines is 3. The fourth-order valence-corrected chi connectivity index (χ4v) is 9.63. The van der Waals surface area contributed by atoms with E-state index in [-0.39, 0.29) is 5.92 Å². The molecule has 1 atom stereocenters. The van der Waals surface area contributed by atoms with Crippen molar-refractivity contribution in [2.75, 3.05) is 4.90 Å². The van der Waals surface area contributed by atoms with Crippen LogP contribution in [0.4, 0.5) is 17.1 Å². The summed E-state index contributed by atoms with van der Waals surface area (Å²) in [6.07, 6.45) is 18.2. The summed E-state index contributed by atoms with van der Waals surface area (Å²) in [5.74, 6) is 0.189. The Labute approximate surface area is 389 Å². The van der Waals surface area contributed by atoms with Crippen LogP contribution < -0.4 is 4.90 Å². The first-order valence-corrected chi connectivity index (χ1v) is 23.5. The summed E-state index contributed by atoms with van der Waals surface area (Å²) in [6, 6.07) is 65.2. The highest BCUT2D eigenvalue weighted by atomic mass is 15.1. The highest BCUT2D eigenvalue weighted by molar-refractivity contribution is 6.14. The lowest BCUT2D eigenvalue weighted by Crippen LogP contribution is -2.31. The van der Waals surface area contributed by atoms with E-state index in [9.17, 15) is 0 Å². The standard InChI is InChI=1S/C60H51N.2C2H6/c1-5-22-45(23-6-2)53-35-21-36-59(44(53)4)61(50-31-20-26-46(40-50)57-41-47-25-15-16-32-54(47)55-33-17-18-34-56(55)57)51-37-38-52-43(3)24-10-9-19-39-60(58(52)42-51,48-27-11-7-12-28-48)49-29-13-8-14-30-49;2*1-2/h5-38,40-43H,1,39H2,2-4H3;2*1-2H3/b19-9-,23-6-,24-10-,45-22+;;. The third-order valence-corrected chi connectivity index (χ3v) is 12.5. The largest absolute Gasteiger partial charge is 0.310 e. The van der Waals surface area contributed by atoms with Gasteiger partial charge in [0.15, 0.2) is 0 Å². The van der Waals surface area contributed by atoms with Gasteiger partial charge in [0, 0.05) is 22.5 Å². The number of rotatable bonds is 9. The lowest BCUT2D eigenvalue weighted by Gasteiger charge is -2.39. The number of hydrogen-bond acceptors (Lipinski definition) is 1. The van der Waals surface area contributed by atoms with Crippen LogP contribution in [0.1, 0.15) is 87.3 Å². The van der Waals surface area contributed by atoms with Crippen molar-refractivity contribution in [2.45, 2.75) is 66.2 Å². The summed E-state index contributed by atoms with van der Waals surface area (Å²) < 4.78 is 0. The zero-order chi connectivity index (χ0) is 45.8. The summed E-state index contributed by atoms with van der Waals surface area (Å²) in [6.45, 7) is 18.7. The van der Waals surface area contributed by atoms with E-state index < -0.39 is 5.41 Å². The lowest BCUT2D eigenvalue weighted by atomic mass is 9.65. The van der Waals surface area contributed by atoms with Gasteiger partial charge in [0.2, 0.25) is 0 Å². The molecule has 0 aliphatic heterocycles. The van der Waals surface area contributed by atoms with Gasteiger partial charge in [0.25, 0.3) is 0 Å². The second kappa shape index (κ2) is 21.4. The second-order valence-corrected chi connectivity index (χ2v) is 16.1. The second-order valence-electron chi connectivity index (χ2n) is 16.1. The molecule has 0 aromatic heterocycles. The molecule has 8 aromatic rings. The van der Waals surface area contributed by atoms with E-state index in [0.29, 0.717) is 0 Å². The predicted octanol–water partition coefficient (Wildman–Crippen LogP) is 18.6. The van der Waals surface area contributed by atoms with E-state index in [0.717, 1.165) is 29.1 Å². The first kappa shape index (κ1) is 45.8. The third kappa shape index (κ3) is 9.11. The molecule has 65 heavy (non-hydrogen) atoms. The molecule has 1 aliphatic rings. The van der Waals surface area contributed by atoms with Gasteiger partial charge in [-0.3, -0.25) is 0 Å². The van der Waals surface area contributed by atoms with Crippen molar-refractivity contribution in [2.24, 2.45) is 0 Å². The molecule has 0 radical (unpaired) electrons. The Hall–Kier alpha value is -7.22. The van der Waals surface area contributed by atoms with Crippen LogP contribution >= 0.6 is 0 Å². The smallest absolute Gasteiger partial charge is 0.0496 e. The van der Waals surface area contributed by atoms with Gasteiger partial charge in [-0.05, 0) is 134 Å². The van der Waals surface area contributed by atoms with E-state index in [1.807, 2.05) is 33.8 Å². The summed E-state index contributed by atoms with van der Waals surface area (Å²) in [5.41, 5.74) is 13.9. The molecule has 0 heterocycles. The third-order valence-electron chi connectivity index (χ3n) is 12.5. The first-order chi connectivity index (χ1) is 32.0. The Kier molecular flexibility index (Phi) is 15.1. The number of benzene rings is 8. The van der Waals surface area contributed by atoms with Crippen molar-refractivity contribution < 1.29 is 0 Å². The quantitative estimate of drug-likeness (QED) is 0.103. The van der Waals surface area contributed by atoms with E-state index in [2.05, 4.69) is 251 Å². The summed E-state index contributed by atoms with van der Waals surface area (Å²) in [4.78, 5) is 2.48. The van der Waals surface area contributed by atoms with Gasteiger partial charge in [-0.25, -0.2) is 0 Å². The molecule has 1 aliphatic carbocycles. The Bertz CT molecular complexity index is 2960. The Morgan fingerprint density at radius 2 is 1.26 bits per heavy atom. The first-order valence-electron chi connectivity index (χ1n) is 23.5. The maximum Gasteiger partial charge on any atom is 0.0496 e. The molecule has 1 unspecified atom stereocenters. The maximum absolute atomic E-state index is 4.07. The number of hydrogen-bond donors (Lipinski definition) is 0. The molecular weight excluding hydrogens is 783 g/mol. The van der Waals surface area contributed by atoms with E-state index >= 15 is 0 Å². The zero-order valence-electron chi connectivity index (χ0n) is 39.3. The molecule has 1 heteroatoms. The molecule has 0 fully saturated rings. The van der Waals surface area contributed by atoms with Crippen molar-refractivity contribution in [1.29, 1.82) is 0 Å². The highest BCUT2D eigenvalue weighted by Crippen LogP contribution is 2.49. The van der Waals surface area contributed by atoms with Crippen LogP contribution in [0.3, 0.4) is 0 Å². The lowest BCUT2D eigenvalue weighted by molar-refractivity contribution is 0.617. The van der Waals surface area contributed by atoms with Crippen LogP contribution in [-0.4, -0.2) is 0 Å². The minimum atomic E-state index is -0.454. The minimum absolute atomic E-state index is 0.189. The van der Waals surface area contributed by atoms with Crippen LogP contribution in [0.15, 0.2) is 231 Å².